The fraction of sp³-hybridized carbons (Fsp3) is 0.389. The lowest BCUT2D eigenvalue weighted by Crippen LogP contribution is -2.15. The molecule has 1 unspecified atom stereocenters. The number of carbonyl (C=O) groups excluding carboxylic acids is 1. The van der Waals surface area contributed by atoms with Crippen molar-refractivity contribution in [2.75, 3.05) is 29.4 Å². The van der Waals surface area contributed by atoms with Crippen molar-refractivity contribution in [3.05, 3.63) is 35.6 Å². The number of carbonyl (C=O) groups is 1. The number of fused-ring (bicyclic) bond motifs is 1. The minimum absolute atomic E-state index is 0.0655. The van der Waals surface area contributed by atoms with Crippen LogP contribution in [-0.2, 0) is 21.2 Å². The van der Waals surface area contributed by atoms with Crippen molar-refractivity contribution >= 4 is 44.8 Å². The van der Waals surface area contributed by atoms with E-state index >= 15 is 0 Å². The number of allylic oxidation sites excluding steroid dienone is 1. The number of amides is 1. The molecule has 4 rings (SSSR count). The Kier molecular flexibility index (Phi) is 5.94. The van der Waals surface area contributed by atoms with E-state index in [1.54, 1.807) is 18.2 Å². The minimum atomic E-state index is -3.04. The van der Waals surface area contributed by atoms with Crippen molar-refractivity contribution in [3.8, 4) is 11.5 Å². The smallest absolute Gasteiger partial charge is 0.234 e. The molecule has 30 heavy (non-hydrogen) atoms. The van der Waals surface area contributed by atoms with Gasteiger partial charge in [0.05, 0.1) is 28.0 Å². The molecule has 0 aliphatic carbocycles. The van der Waals surface area contributed by atoms with E-state index in [0.717, 1.165) is 0 Å². The second kappa shape index (κ2) is 8.48. The molecule has 2 aromatic rings. The van der Waals surface area contributed by atoms with Crippen molar-refractivity contribution in [3.63, 3.8) is 0 Å². The molecule has 3 heterocycles. The van der Waals surface area contributed by atoms with Crippen LogP contribution in [0.2, 0.25) is 5.02 Å². The first-order valence-corrected chi connectivity index (χ1v) is 12.3. The molecule has 1 aromatic heterocycles. The van der Waals surface area contributed by atoms with Gasteiger partial charge in [0.25, 0.3) is 0 Å². The monoisotopic (exact) mass is 470 g/mol. The van der Waals surface area contributed by atoms with Crippen LogP contribution >= 0.6 is 23.4 Å². The number of nitrogens with zero attached hydrogens (tertiary/aromatic N) is 3. The van der Waals surface area contributed by atoms with Crippen molar-refractivity contribution < 1.29 is 22.7 Å². The Hall–Kier alpha value is -2.24. The minimum Gasteiger partial charge on any atom is -0.454 e. The van der Waals surface area contributed by atoms with Crippen molar-refractivity contribution in [1.82, 2.24) is 14.8 Å². The van der Waals surface area contributed by atoms with Crippen LogP contribution in [0, 0.1) is 0 Å². The highest BCUT2D eigenvalue weighted by Crippen LogP contribution is 2.39. The average Bonchev–Trinajstić information content (AvgIpc) is 3.39. The van der Waals surface area contributed by atoms with Gasteiger partial charge in [-0.15, -0.1) is 16.8 Å². The highest BCUT2D eigenvalue weighted by molar-refractivity contribution is 7.99. The van der Waals surface area contributed by atoms with Crippen molar-refractivity contribution in [2.24, 2.45) is 0 Å². The van der Waals surface area contributed by atoms with Crippen LogP contribution in [0.5, 0.6) is 11.5 Å². The van der Waals surface area contributed by atoms with Crippen LogP contribution in [0.1, 0.15) is 18.2 Å². The molecule has 160 valence electrons. The number of anilines is 1. The zero-order valence-electron chi connectivity index (χ0n) is 15.8. The van der Waals surface area contributed by atoms with Gasteiger partial charge in [0, 0.05) is 24.6 Å². The van der Waals surface area contributed by atoms with Gasteiger partial charge < -0.3 is 19.4 Å². The summed E-state index contributed by atoms with van der Waals surface area (Å²) >= 11 is 7.40. The number of rotatable bonds is 7. The zero-order chi connectivity index (χ0) is 21.3. The van der Waals surface area contributed by atoms with E-state index in [1.165, 1.54) is 11.8 Å². The van der Waals surface area contributed by atoms with Gasteiger partial charge in [-0.25, -0.2) is 8.42 Å². The lowest BCUT2D eigenvalue weighted by molar-refractivity contribution is -0.113. The molecule has 1 atom stereocenters. The van der Waals surface area contributed by atoms with Gasteiger partial charge in [0.2, 0.25) is 12.7 Å². The normalized spacial score (nSPS) is 19.0. The molecular formula is C18H19ClN4O5S2. The lowest BCUT2D eigenvalue weighted by Gasteiger charge is -2.11. The number of ether oxygens (including phenoxy) is 2. The van der Waals surface area contributed by atoms with E-state index in [-0.39, 0.29) is 35.9 Å². The molecule has 2 aliphatic heterocycles. The van der Waals surface area contributed by atoms with E-state index in [0.29, 0.717) is 46.2 Å². The number of hydrogen-bond acceptors (Lipinski definition) is 8. The first kappa shape index (κ1) is 21.0. The molecule has 1 fully saturated rings. The second-order valence-electron chi connectivity index (χ2n) is 6.86. The molecule has 9 nitrogen and oxygen atoms in total. The third kappa shape index (κ3) is 4.42. The molecule has 0 saturated carbocycles. The van der Waals surface area contributed by atoms with E-state index in [1.807, 2.05) is 4.57 Å². The molecule has 0 spiro atoms. The van der Waals surface area contributed by atoms with Crippen LogP contribution < -0.4 is 14.8 Å². The van der Waals surface area contributed by atoms with Gasteiger partial charge in [-0.2, -0.15) is 0 Å². The number of nitrogens with one attached hydrogen (secondary N) is 1. The summed E-state index contributed by atoms with van der Waals surface area (Å²) in [5.41, 5.74) is 0.427. The van der Waals surface area contributed by atoms with E-state index in [9.17, 15) is 13.2 Å². The largest absolute Gasteiger partial charge is 0.454 e. The lowest BCUT2D eigenvalue weighted by atomic mass is 10.1. The van der Waals surface area contributed by atoms with E-state index in [4.69, 9.17) is 21.1 Å². The van der Waals surface area contributed by atoms with Crippen molar-refractivity contribution in [1.29, 1.82) is 0 Å². The van der Waals surface area contributed by atoms with Crippen LogP contribution in [0.3, 0.4) is 0 Å². The molecule has 1 N–H and O–H groups in total. The van der Waals surface area contributed by atoms with Crippen LogP contribution in [0.4, 0.5) is 5.69 Å². The Balaban J connectivity index is 1.43. The first-order chi connectivity index (χ1) is 14.4. The topological polar surface area (TPSA) is 112 Å². The highest BCUT2D eigenvalue weighted by Gasteiger charge is 2.33. The fourth-order valence-electron chi connectivity index (χ4n) is 3.34. The Bertz CT molecular complexity index is 1100. The van der Waals surface area contributed by atoms with E-state index < -0.39 is 9.84 Å². The number of benzene rings is 1. The Morgan fingerprint density at radius 1 is 1.37 bits per heavy atom. The number of hydrogen-bond donors (Lipinski definition) is 1. The number of sulfone groups is 1. The highest BCUT2D eigenvalue weighted by atomic mass is 35.5. The summed E-state index contributed by atoms with van der Waals surface area (Å²) in [5.74, 6) is 1.48. The fourth-order valence-corrected chi connectivity index (χ4v) is 6.03. The third-order valence-corrected chi connectivity index (χ3v) is 7.77. The number of aromatic nitrogens is 3. The second-order valence-corrected chi connectivity index (χ2v) is 10.4. The molecule has 12 heteroatoms. The Labute approximate surface area is 182 Å². The predicted octanol–water partition coefficient (Wildman–Crippen LogP) is 2.48. The summed E-state index contributed by atoms with van der Waals surface area (Å²) in [5, 5.41) is 12.0. The molecule has 0 bridgehead atoms. The quantitative estimate of drug-likeness (QED) is 0.485. The van der Waals surface area contributed by atoms with Crippen LogP contribution in [-0.4, -0.2) is 53.1 Å². The summed E-state index contributed by atoms with van der Waals surface area (Å²) < 4.78 is 36.0. The SMILES string of the molecule is C=CCn1c(SCC(=O)Nc2cc3c(cc2Cl)OCO3)nnc1C1CCS(=O)(=O)C1. The van der Waals surface area contributed by atoms with Gasteiger partial charge >= 0.3 is 0 Å². The maximum atomic E-state index is 12.4. The summed E-state index contributed by atoms with van der Waals surface area (Å²) in [4.78, 5) is 12.4. The third-order valence-electron chi connectivity index (χ3n) is 4.72. The summed E-state index contributed by atoms with van der Waals surface area (Å²) in [7, 11) is -3.04. The van der Waals surface area contributed by atoms with Gasteiger partial charge in [-0.05, 0) is 6.42 Å². The summed E-state index contributed by atoms with van der Waals surface area (Å²) in [6.45, 7) is 4.28. The predicted molar refractivity (Wildman–Crippen MR) is 113 cm³/mol. The summed E-state index contributed by atoms with van der Waals surface area (Å²) in [6.07, 6.45) is 2.21. The standard InChI is InChI=1S/C18H19ClN4O5S2/c1-2-4-23-17(11-3-5-30(25,26)9-11)21-22-18(23)29-8-16(24)20-13-7-15-14(6-12(13)19)27-10-28-15/h2,6-7,11H,1,3-5,8-10H2,(H,20,24). The zero-order valence-corrected chi connectivity index (χ0v) is 18.2. The number of thioether (sulfide) groups is 1. The molecule has 2 aliphatic rings. The molecule has 1 aromatic carbocycles. The molecule has 1 saturated heterocycles. The van der Waals surface area contributed by atoms with Gasteiger partial charge in [-0.1, -0.05) is 29.4 Å². The average molecular weight is 471 g/mol. The number of halogens is 1. The Morgan fingerprint density at radius 2 is 2.13 bits per heavy atom. The maximum Gasteiger partial charge on any atom is 0.234 e. The molecule has 0 radical (unpaired) electrons. The van der Waals surface area contributed by atoms with Gasteiger partial charge in [0.1, 0.15) is 5.82 Å². The van der Waals surface area contributed by atoms with Crippen LogP contribution in [0.25, 0.3) is 0 Å². The Morgan fingerprint density at radius 3 is 2.83 bits per heavy atom. The maximum absolute atomic E-state index is 12.4. The first-order valence-electron chi connectivity index (χ1n) is 9.12. The molecular weight excluding hydrogens is 452 g/mol. The van der Waals surface area contributed by atoms with Crippen LogP contribution in [0.15, 0.2) is 29.9 Å². The van der Waals surface area contributed by atoms with Gasteiger partial charge in [-0.3, -0.25) is 4.79 Å². The molecule has 1 amide bonds. The van der Waals surface area contributed by atoms with E-state index in [2.05, 4.69) is 22.1 Å². The van der Waals surface area contributed by atoms with Gasteiger partial charge in [0.15, 0.2) is 26.5 Å². The van der Waals surface area contributed by atoms with Crippen molar-refractivity contribution in [2.45, 2.75) is 24.0 Å². The summed E-state index contributed by atoms with van der Waals surface area (Å²) in [6, 6.07) is 3.21.